The highest BCUT2D eigenvalue weighted by Crippen LogP contribution is 2.18. The van der Waals surface area contributed by atoms with Gasteiger partial charge in [0.1, 0.15) is 5.75 Å². The van der Waals surface area contributed by atoms with Crippen LogP contribution in [0.25, 0.3) is 0 Å². The summed E-state index contributed by atoms with van der Waals surface area (Å²) in [7, 11) is 3.89. The lowest BCUT2D eigenvalue weighted by atomic mass is 10.0. The molecule has 0 atom stereocenters. The SMILES string of the molecule is C=CC(=O)Oc1ccc(C(=O)c2ccc(N(C)C)cc2)cc1. The highest BCUT2D eigenvalue weighted by molar-refractivity contribution is 6.09. The van der Waals surface area contributed by atoms with Crippen LogP contribution in [0.15, 0.2) is 61.2 Å². The second-order valence-electron chi connectivity index (χ2n) is 4.92. The minimum absolute atomic E-state index is 0.0769. The lowest BCUT2D eigenvalue weighted by Gasteiger charge is -2.12. The number of hydrogen-bond acceptors (Lipinski definition) is 4. The Kier molecular flexibility index (Phi) is 4.73. The number of ketones is 1. The first-order chi connectivity index (χ1) is 10.5. The summed E-state index contributed by atoms with van der Waals surface area (Å²) in [6, 6.07) is 13.8. The van der Waals surface area contributed by atoms with Crippen LogP contribution in [-0.4, -0.2) is 25.8 Å². The first-order valence-corrected chi connectivity index (χ1v) is 6.77. The summed E-state index contributed by atoms with van der Waals surface area (Å²) in [6.07, 6.45) is 1.09. The van der Waals surface area contributed by atoms with Gasteiger partial charge in [0.2, 0.25) is 0 Å². The van der Waals surface area contributed by atoms with E-state index in [2.05, 4.69) is 6.58 Å². The van der Waals surface area contributed by atoms with Gasteiger partial charge in [-0.15, -0.1) is 0 Å². The fourth-order valence-electron chi connectivity index (χ4n) is 1.91. The monoisotopic (exact) mass is 295 g/mol. The van der Waals surface area contributed by atoms with Gasteiger partial charge in [-0.2, -0.15) is 0 Å². The van der Waals surface area contributed by atoms with E-state index in [1.807, 2.05) is 31.1 Å². The predicted molar refractivity (Wildman–Crippen MR) is 86.5 cm³/mol. The Hall–Kier alpha value is -2.88. The summed E-state index contributed by atoms with van der Waals surface area (Å²) in [5.41, 5.74) is 2.18. The Balaban J connectivity index is 2.15. The number of carbonyl (C=O) groups excluding carboxylic acids is 2. The van der Waals surface area contributed by atoms with Crippen molar-refractivity contribution in [3.05, 3.63) is 72.3 Å². The van der Waals surface area contributed by atoms with E-state index in [0.29, 0.717) is 16.9 Å². The van der Waals surface area contributed by atoms with Crippen molar-refractivity contribution in [2.75, 3.05) is 19.0 Å². The number of hydrogen-bond donors (Lipinski definition) is 0. The molecular weight excluding hydrogens is 278 g/mol. The second-order valence-corrected chi connectivity index (χ2v) is 4.92. The third-order valence-corrected chi connectivity index (χ3v) is 3.15. The van der Waals surface area contributed by atoms with Crippen molar-refractivity contribution in [1.29, 1.82) is 0 Å². The molecule has 0 aliphatic carbocycles. The summed E-state index contributed by atoms with van der Waals surface area (Å²) in [5.74, 6) is -0.227. The van der Waals surface area contributed by atoms with Gasteiger partial charge in [-0.25, -0.2) is 4.79 Å². The zero-order chi connectivity index (χ0) is 16.1. The smallest absolute Gasteiger partial charge is 0.335 e. The molecule has 0 saturated carbocycles. The molecule has 22 heavy (non-hydrogen) atoms. The van der Waals surface area contributed by atoms with E-state index in [-0.39, 0.29) is 5.78 Å². The lowest BCUT2D eigenvalue weighted by Crippen LogP contribution is -2.09. The van der Waals surface area contributed by atoms with E-state index in [0.717, 1.165) is 11.8 Å². The molecule has 2 rings (SSSR count). The van der Waals surface area contributed by atoms with E-state index in [1.165, 1.54) is 0 Å². The maximum absolute atomic E-state index is 12.4. The first kappa shape index (κ1) is 15.5. The van der Waals surface area contributed by atoms with E-state index in [9.17, 15) is 9.59 Å². The van der Waals surface area contributed by atoms with Crippen LogP contribution in [-0.2, 0) is 4.79 Å². The highest BCUT2D eigenvalue weighted by Gasteiger charge is 2.10. The first-order valence-electron chi connectivity index (χ1n) is 6.77. The Bertz CT molecular complexity index is 685. The van der Waals surface area contributed by atoms with Crippen LogP contribution in [0.5, 0.6) is 5.75 Å². The molecule has 0 radical (unpaired) electrons. The number of carbonyl (C=O) groups is 2. The number of benzene rings is 2. The van der Waals surface area contributed by atoms with Crippen molar-refractivity contribution >= 4 is 17.4 Å². The van der Waals surface area contributed by atoms with Crippen LogP contribution in [0.4, 0.5) is 5.69 Å². The van der Waals surface area contributed by atoms with Gasteiger partial charge in [0.25, 0.3) is 0 Å². The minimum atomic E-state index is -0.529. The van der Waals surface area contributed by atoms with Gasteiger partial charge in [0.05, 0.1) is 0 Å². The van der Waals surface area contributed by atoms with Gasteiger partial charge < -0.3 is 9.64 Å². The number of nitrogens with zero attached hydrogens (tertiary/aromatic N) is 1. The summed E-state index contributed by atoms with van der Waals surface area (Å²) in [4.78, 5) is 25.4. The molecule has 0 amide bonds. The normalized spacial score (nSPS) is 9.91. The molecule has 4 heteroatoms. The average molecular weight is 295 g/mol. The second kappa shape index (κ2) is 6.72. The standard InChI is InChI=1S/C18H17NO3/c1-4-17(20)22-16-11-7-14(8-12-16)18(21)13-5-9-15(10-6-13)19(2)3/h4-12H,1H2,2-3H3. The van der Waals surface area contributed by atoms with Crippen molar-refractivity contribution in [2.45, 2.75) is 0 Å². The Morgan fingerprint density at radius 2 is 1.45 bits per heavy atom. The summed E-state index contributed by atoms with van der Waals surface area (Å²) in [5, 5.41) is 0. The van der Waals surface area contributed by atoms with Gasteiger partial charge in [-0.3, -0.25) is 4.79 Å². The fraction of sp³-hybridized carbons (Fsp3) is 0.111. The third-order valence-electron chi connectivity index (χ3n) is 3.15. The molecule has 0 aliphatic heterocycles. The van der Waals surface area contributed by atoms with Crippen LogP contribution >= 0.6 is 0 Å². The molecule has 112 valence electrons. The molecule has 0 aliphatic rings. The van der Waals surface area contributed by atoms with Crippen molar-refractivity contribution in [3.63, 3.8) is 0 Å². The van der Waals surface area contributed by atoms with Crippen LogP contribution in [0.3, 0.4) is 0 Å². The fourth-order valence-corrected chi connectivity index (χ4v) is 1.91. The van der Waals surface area contributed by atoms with Crippen molar-refractivity contribution in [2.24, 2.45) is 0 Å². The van der Waals surface area contributed by atoms with E-state index in [4.69, 9.17) is 4.74 Å². The van der Waals surface area contributed by atoms with E-state index in [1.54, 1.807) is 36.4 Å². The molecule has 0 fully saturated rings. The maximum Gasteiger partial charge on any atom is 0.335 e. The predicted octanol–water partition coefficient (Wildman–Crippen LogP) is 3.08. The largest absolute Gasteiger partial charge is 0.423 e. The van der Waals surface area contributed by atoms with E-state index < -0.39 is 5.97 Å². The van der Waals surface area contributed by atoms with Gasteiger partial charge in [0.15, 0.2) is 5.78 Å². The molecule has 0 N–H and O–H groups in total. The number of anilines is 1. The summed E-state index contributed by atoms with van der Waals surface area (Å²) < 4.78 is 4.97. The zero-order valence-corrected chi connectivity index (χ0v) is 12.6. The summed E-state index contributed by atoms with van der Waals surface area (Å²) >= 11 is 0. The minimum Gasteiger partial charge on any atom is -0.423 e. The molecule has 0 saturated heterocycles. The third kappa shape index (κ3) is 3.61. The Labute approximate surface area is 129 Å². The van der Waals surface area contributed by atoms with Crippen molar-refractivity contribution in [1.82, 2.24) is 0 Å². The van der Waals surface area contributed by atoms with E-state index >= 15 is 0 Å². The lowest BCUT2D eigenvalue weighted by molar-refractivity contribution is -0.128. The van der Waals surface area contributed by atoms with Crippen LogP contribution in [0, 0.1) is 0 Å². The number of rotatable bonds is 5. The van der Waals surface area contributed by atoms with Crippen LogP contribution in [0.2, 0.25) is 0 Å². The van der Waals surface area contributed by atoms with Gasteiger partial charge in [-0.1, -0.05) is 6.58 Å². The molecule has 0 unspecified atom stereocenters. The Morgan fingerprint density at radius 3 is 1.91 bits per heavy atom. The van der Waals surface area contributed by atoms with Crippen molar-refractivity contribution < 1.29 is 14.3 Å². The topological polar surface area (TPSA) is 46.6 Å². The molecule has 0 spiro atoms. The van der Waals surface area contributed by atoms with Gasteiger partial charge in [0, 0.05) is 37.0 Å². The molecule has 2 aromatic rings. The van der Waals surface area contributed by atoms with Gasteiger partial charge in [-0.05, 0) is 48.5 Å². The van der Waals surface area contributed by atoms with Crippen molar-refractivity contribution in [3.8, 4) is 5.75 Å². The molecule has 2 aromatic carbocycles. The zero-order valence-electron chi connectivity index (χ0n) is 12.6. The molecule has 0 heterocycles. The molecule has 0 aromatic heterocycles. The number of ether oxygens (including phenoxy) is 1. The maximum atomic E-state index is 12.4. The highest BCUT2D eigenvalue weighted by atomic mass is 16.5. The number of esters is 1. The molecule has 0 bridgehead atoms. The average Bonchev–Trinajstić information content (AvgIpc) is 2.55. The quantitative estimate of drug-likeness (QED) is 0.368. The molecular formula is C18H17NO3. The van der Waals surface area contributed by atoms with Crippen LogP contribution < -0.4 is 9.64 Å². The van der Waals surface area contributed by atoms with Gasteiger partial charge >= 0.3 is 5.97 Å². The molecule has 4 nitrogen and oxygen atoms in total. The van der Waals surface area contributed by atoms with Crippen LogP contribution in [0.1, 0.15) is 15.9 Å². The summed E-state index contributed by atoms with van der Waals surface area (Å²) in [6.45, 7) is 3.33. The Morgan fingerprint density at radius 1 is 0.955 bits per heavy atom.